The van der Waals surface area contributed by atoms with Crippen molar-refractivity contribution in [2.45, 2.75) is 26.2 Å². The minimum atomic E-state index is -1.11. The van der Waals surface area contributed by atoms with Crippen molar-refractivity contribution in [1.82, 2.24) is 15.5 Å². The van der Waals surface area contributed by atoms with E-state index in [-0.39, 0.29) is 12.6 Å². The first-order valence-electron chi connectivity index (χ1n) is 6.54. The van der Waals surface area contributed by atoms with E-state index in [4.69, 9.17) is 5.11 Å². The fourth-order valence-electron chi connectivity index (χ4n) is 2.05. The third kappa shape index (κ3) is 5.58. The summed E-state index contributed by atoms with van der Waals surface area (Å²) in [5.74, 6) is -0.927. The highest BCUT2D eigenvalue weighted by molar-refractivity contribution is 5.86. The molecule has 0 aromatic heterocycles. The average molecular weight is 271 g/mol. The Hall–Kier alpha value is -1.79. The van der Waals surface area contributed by atoms with Crippen LogP contribution in [0.4, 0.5) is 4.79 Å². The van der Waals surface area contributed by atoms with Gasteiger partial charge < -0.3 is 20.6 Å². The summed E-state index contributed by atoms with van der Waals surface area (Å²) in [5.41, 5.74) is 0. The van der Waals surface area contributed by atoms with Crippen LogP contribution >= 0.6 is 0 Å². The molecule has 108 valence electrons. The van der Waals surface area contributed by atoms with Crippen LogP contribution in [0.25, 0.3) is 0 Å². The predicted octanol–water partition coefficient (Wildman–Crippen LogP) is 0.0188. The number of carboxylic acid groups (broad SMARTS) is 1. The molecule has 3 amide bonds. The van der Waals surface area contributed by atoms with Gasteiger partial charge in [0, 0.05) is 13.1 Å². The van der Waals surface area contributed by atoms with Crippen molar-refractivity contribution in [2.75, 3.05) is 26.2 Å². The number of carbonyl (C=O) groups excluding carboxylic acids is 2. The quantitative estimate of drug-likeness (QED) is 0.656. The van der Waals surface area contributed by atoms with Crippen molar-refractivity contribution < 1.29 is 19.5 Å². The summed E-state index contributed by atoms with van der Waals surface area (Å²) in [6.07, 6.45) is 3.12. The number of likely N-dealkylation sites (tertiary alicyclic amines) is 1. The molecule has 1 aliphatic heterocycles. The Morgan fingerprint density at radius 1 is 1.16 bits per heavy atom. The summed E-state index contributed by atoms with van der Waals surface area (Å²) in [5, 5.41) is 13.1. The van der Waals surface area contributed by atoms with Crippen LogP contribution in [0.2, 0.25) is 0 Å². The zero-order valence-electron chi connectivity index (χ0n) is 11.1. The van der Waals surface area contributed by atoms with E-state index in [2.05, 4.69) is 17.6 Å². The lowest BCUT2D eigenvalue weighted by molar-refractivity contribution is -0.137. The second kappa shape index (κ2) is 7.60. The molecule has 1 fully saturated rings. The molecule has 7 heteroatoms. The van der Waals surface area contributed by atoms with Gasteiger partial charge in [0.05, 0.1) is 6.54 Å². The molecule has 1 saturated heterocycles. The summed E-state index contributed by atoms with van der Waals surface area (Å²) >= 11 is 0. The van der Waals surface area contributed by atoms with Crippen LogP contribution in [-0.2, 0) is 9.59 Å². The maximum Gasteiger partial charge on any atom is 0.322 e. The molecule has 0 aliphatic carbocycles. The molecule has 1 aliphatic rings. The summed E-state index contributed by atoms with van der Waals surface area (Å²) in [6, 6.07) is -0.264. The van der Waals surface area contributed by atoms with E-state index in [0.29, 0.717) is 19.0 Å². The Kier molecular flexibility index (Phi) is 6.11. The molecule has 1 heterocycles. The molecule has 0 atom stereocenters. The van der Waals surface area contributed by atoms with Crippen molar-refractivity contribution in [1.29, 1.82) is 0 Å². The Morgan fingerprint density at radius 3 is 2.32 bits per heavy atom. The third-order valence-corrected chi connectivity index (χ3v) is 3.32. The highest BCUT2D eigenvalue weighted by Gasteiger charge is 2.21. The maximum atomic E-state index is 11.8. The first kappa shape index (κ1) is 15.3. The molecule has 1 rings (SSSR count). The number of carbonyl (C=O) groups is 3. The van der Waals surface area contributed by atoms with Gasteiger partial charge in [-0.2, -0.15) is 0 Å². The minimum Gasteiger partial charge on any atom is -0.480 e. The highest BCUT2D eigenvalue weighted by atomic mass is 16.4. The minimum absolute atomic E-state index is 0.195. The van der Waals surface area contributed by atoms with E-state index < -0.39 is 18.4 Å². The topological polar surface area (TPSA) is 98.7 Å². The molecule has 0 radical (unpaired) electrons. The zero-order chi connectivity index (χ0) is 14.3. The number of piperidine rings is 1. The van der Waals surface area contributed by atoms with Crippen LogP contribution in [0.3, 0.4) is 0 Å². The van der Waals surface area contributed by atoms with E-state index in [9.17, 15) is 14.4 Å². The first-order valence-corrected chi connectivity index (χ1v) is 6.54. The van der Waals surface area contributed by atoms with E-state index in [0.717, 1.165) is 19.3 Å². The molecule has 3 N–H and O–H groups in total. The van der Waals surface area contributed by atoms with Gasteiger partial charge in [0.15, 0.2) is 0 Å². The number of urea groups is 1. The van der Waals surface area contributed by atoms with Gasteiger partial charge in [-0.3, -0.25) is 9.59 Å². The average Bonchev–Trinajstić information content (AvgIpc) is 2.42. The molecule has 7 nitrogen and oxygen atoms in total. The number of nitrogens with one attached hydrogen (secondary N) is 2. The Labute approximate surface area is 112 Å². The number of aliphatic carboxylic acids is 1. The SMILES string of the molecule is CCC1CCN(C(=O)NCC(=O)NCC(=O)O)CC1. The molecular weight excluding hydrogens is 250 g/mol. The van der Waals surface area contributed by atoms with E-state index >= 15 is 0 Å². The summed E-state index contributed by atoms with van der Waals surface area (Å²) in [7, 11) is 0. The molecule has 19 heavy (non-hydrogen) atoms. The smallest absolute Gasteiger partial charge is 0.322 e. The number of carboxylic acids is 1. The number of hydrogen-bond acceptors (Lipinski definition) is 3. The van der Waals surface area contributed by atoms with Gasteiger partial charge in [-0.05, 0) is 18.8 Å². The normalized spacial score (nSPS) is 15.9. The number of hydrogen-bond donors (Lipinski definition) is 3. The zero-order valence-corrected chi connectivity index (χ0v) is 11.1. The fraction of sp³-hybridized carbons (Fsp3) is 0.750. The maximum absolute atomic E-state index is 11.8. The van der Waals surface area contributed by atoms with Crippen LogP contribution in [0.1, 0.15) is 26.2 Å². The molecule has 0 spiro atoms. The van der Waals surface area contributed by atoms with Gasteiger partial charge in [0.1, 0.15) is 6.54 Å². The van der Waals surface area contributed by atoms with Crippen LogP contribution in [0, 0.1) is 5.92 Å². The molecular formula is C12H21N3O4. The molecule has 0 unspecified atom stereocenters. The molecule has 0 aromatic rings. The lowest BCUT2D eigenvalue weighted by Crippen LogP contribution is -2.47. The van der Waals surface area contributed by atoms with Crippen molar-refractivity contribution in [3.05, 3.63) is 0 Å². The fourth-order valence-corrected chi connectivity index (χ4v) is 2.05. The monoisotopic (exact) mass is 271 g/mol. The van der Waals surface area contributed by atoms with Crippen molar-refractivity contribution in [3.63, 3.8) is 0 Å². The predicted molar refractivity (Wildman–Crippen MR) is 68.6 cm³/mol. The van der Waals surface area contributed by atoms with Gasteiger partial charge in [-0.1, -0.05) is 13.3 Å². The van der Waals surface area contributed by atoms with Gasteiger partial charge in [0.25, 0.3) is 0 Å². The second-order valence-corrected chi connectivity index (χ2v) is 4.67. The largest absolute Gasteiger partial charge is 0.480 e. The van der Waals surface area contributed by atoms with Crippen molar-refractivity contribution in [3.8, 4) is 0 Å². The summed E-state index contributed by atoms with van der Waals surface area (Å²) in [4.78, 5) is 34.9. The van der Waals surface area contributed by atoms with E-state index in [1.807, 2.05) is 0 Å². The lowest BCUT2D eigenvalue weighted by atomic mass is 9.95. The lowest BCUT2D eigenvalue weighted by Gasteiger charge is -2.31. The van der Waals surface area contributed by atoms with Crippen LogP contribution in [0.15, 0.2) is 0 Å². The molecule has 0 aromatic carbocycles. The summed E-state index contributed by atoms with van der Waals surface area (Å²) < 4.78 is 0. The molecule has 0 bridgehead atoms. The van der Waals surface area contributed by atoms with Crippen LogP contribution < -0.4 is 10.6 Å². The summed E-state index contributed by atoms with van der Waals surface area (Å²) in [6.45, 7) is 2.94. The van der Waals surface area contributed by atoms with Gasteiger partial charge >= 0.3 is 12.0 Å². The van der Waals surface area contributed by atoms with E-state index in [1.54, 1.807) is 4.90 Å². The Morgan fingerprint density at radius 2 is 1.79 bits per heavy atom. The van der Waals surface area contributed by atoms with Gasteiger partial charge in [-0.25, -0.2) is 4.79 Å². The van der Waals surface area contributed by atoms with Crippen LogP contribution in [0.5, 0.6) is 0 Å². The van der Waals surface area contributed by atoms with Crippen LogP contribution in [-0.4, -0.2) is 54.1 Å². The first-order chi connectivity index (χ1) is 9.02. The van der Waals surface area contributed by atoms with Gasteiger partial charge in [-0.15, -0.1) is 0 Å². The number of nitrogens with zero attached hydrogens (tertiary/aromatic N) is 1. The van der Waals surface area contributed by atoms with Crippen molar-refractivity contribution >= 4 is 17.9 Å². The van der Waals surface area contributed by atoms with Crippen molar-refractivity contribution in [2.24, 2.45) is 5.92 Å². The van der Waals surface area contributed by atoms with Gasteiger partial charge in [0.2, 0.25) is 5.91 Å². The highest BCUT2D eigenvalue weighted by Crippen LogP contribution is 2.19. The standard InChI is InChI=1S/C12H21N3O4/c1-2-9-3-5-15(6-4-9)12(19)14-7-10(16)13-8-11(17)18/h9H,2-8H2,1H3,(H,13,16)(H,14,19)(H,17,18). The number of rotatable bonds is 5. The number of amides is 3. The van der Waals surface area contributed by atoms with E-state index in [1.165, 1.54) is 0 Å². The molecule has 0 saturated carbocycles. The second-order valence-electron chi connectivity index (χ2n) is 4.67. The Balaban J connectivity index is 2.21. The third-order valence-electron chi connectivity index (χ3n) is 3.32. The Bertz CT molecular complexity index is 338.